The predicted octanol–water partition coefficient (Wildman–Crippen LogP) is 5.03. The van der Waals surface area contributed by atoms with Crippen molar-refractivity contribution in [3.63, 3.8) is 0 Å². The van der Waals surface area contributed by atoms with Gasteiger partial charge in [0.25, 0.3) is 5.91 Å². The van der Waals surface area contributed by atoms with Gasteiger partial charge in [-0.3, -0.25) is 9.69 Å². The average Bonchev–Trinajstić information content (AvgIpc) is 3.27. The lowest BCUT2D eigenvalue weighted by Gasteiger charge is -2.36. The molecule has 1 aliphatic rings. The summed E-state index contributed by atoms with van der Waals surface area (Å²) in [6.45, 7) is 9.87. The second-order valence-electron chi connectivity index (χ2n) is 8.73. The Labute approximate surface area is 212 Å². The van der Waals surface area contributed by atoms with E-state index < -0.39 is 0 Å². The molecule has 0 unspecified atom stereocenters. The number of amides is 1. The minimum absolute atomic E-state index is 0.144. The van der Waals surface area contributed by atoms with Gasteiger partial charge in [0.1, 0.15) is 22.8 Å². The molecule has 2 heterocycles. The molecule has 0 spiro atoms. The summed E-state index contributed by atoms with van der Waals surface area (Å²) >= 11 is 6.19. The van der Waals surface area contributed by atoms with E-state index in [2.05, 4.69) is 33.3 Å². The van der Waals surface area contributed by atoms with Crippen molar-refractivity contribution in [3.8, 4) is 17.0 Å². The van der Waals surface area contributed by atoms with E-state index in [1.165, 1.54) is 0 Å². The van der Waals surface area contributed by atoms with Crippen LogP contribution in [0, 0.1) is 6.92 Å². The Bertz CT molecular complexity index is 1110. The fourth-order valence-corrected chi connectivity index (χ4v) is 4.48. The van der Waals surface area contributed by atoms with Gasteiger partial charge in [-0.05, 0) is 38.4 Å². The molecule has 0 atom stereocenters. The molecule has 1 saturated heterocycles. The second-order valence-corrected chi connectivity index (χ2v) is 9.16. The summed E-state index contributed by atoms with van der Waals surface area (Å²) in [5.41, 5.74) is 3.07. The Morgan fingerprint density at radius 3 is 2.66 bits per heavy atom. The quantitative estimate of drug-likeness (QED) is 0.397. The third kappa shape index (κ3) is 6.35. The molecule has 1 aliphatic heterocycles. The van der Waals surface area contributed by atoms with Gasteiger partial charge in [-0.1, -0.05) is 54.0 Å². The number of nitrogens with zero attached hydrogens (tertiary/aromatic N) is 3. The number of carbonyl (C=O) groups is 1. The Morgan fingerprint density at radius 2 is 1.91 bits per heavy atom. The maximum Gasteiger partial charge on any atom is 0.257 e. The van der Waals surface area contributed by atoms with Crippen LogP contribution in [0.3, 0.4) is 0 Å². The number of rotatable bonds is 10. The van der Waals surface area contributed by atoms with Crippen LogP contribution in [0.5, 0.6) is 5.75 Å². The van der Waals surface area contributed by atoms with E-state index in [1.54, 1.807) is 6.92 Å². The number of piperazine rings is 1. The number of benzene rings is 2. The minimum atomic E-state index is -0.144. The molecule has 35 heavy (non-hydrogen) atoms. The number of hydrogen-bond donors (Lipinski definition) is 1. The SMILES string of the molecule is CCCOc1cc(Cl)ccc1N1CCN(CCCNC(=O)c2c(-c3ccccc3)noc2C)CC1. The molecular formula is C27H33ClN4O3. The largest absolute Gasteiger partial charge is 0.491 e. The van der Waals surface area contributed by atoms with Crippen LogP contribution in [-0.2, 0) is 0 Å². The molecule has 4 rings (SSSR count). The first-order chi connectivity index (χ1) is 17.1. The monoisotopic (exact) mass is 496 g/mol. The highest BCUT2D eigenvalue weighted by Gasteiger charge is 2.22. The standard InChI is InChI=1S/C27H33ClN4O3/c1-3-18-34-24-19-22(28)10-11-23(24)32-16-14-31(15-17-32)13-7-12-29-27(33)25-20(2)35-30-26(25)21-8-5-4-6-9-21/h4-6,8-11,19H,3,7,12-18H2,1-2H3,(H,29,33). The summed E-state index contributed by atoms with van der Waals surface area (Å²) in [7, 11) is 0. The van der Waals surface area contributed by atoms with Gasteiger partial charge in [0.15, 0.2) is 0 Å². The van der Waals surface area contributed by atoms with Crippen LogP contribution in [0.15, 0.2) is 53.1 Å². The number of halogens is 1. The maximum atomic E-state index is 12.8. The van der Waals surface area contributed by atoms with E-state index in [0.717, 1.165) is 62.6 Å². The summed E-state index contributed by atoms with van der Waals surface area (Å²) in [5.74, 6) is 1.24. The summed E-state index contributed by atoms with van der Waals surface area (Å²) in [5, 5.41) is 7.83. The van der Waals surface area contributed by atoms with E-state index in [9.17, 15) is 4.79 Å². The molecular weight excluding hydrogens is 464 g/mol. The van der Waals surface area contributed by atoms with Crippen LogP contribution in [-0.4, -0.2) is 61.8 Å². The number of anilines is 1. The molecule has 3 aromatic rings. The first kappa shape index (κ1) is 25.1. The Kier molecular flexibility index (Phi) is 8.66. The Balaban J connectivity index is 1.24. The zero-order chi connectivity index (χ0) is 24.6. The van der Waals surface area contributed by atoms with Crippen molar-refractivity contribution >= 4 is 23.2 Å². The number of aryl methyl sites for hydroxylation is 1. The van der Waals surface area contributed by atoms with E-state index >= 15 is 0 Å². The van der Waals surface area contributed by atoms with Crippen molar-refractivity contribution in [2.24, 2.45) is 0 Å². The van der Waals surface area contributed by atoms with Gasteiger partial charge in [-0.15, -0.1) is 0 Å². The van der Waals surface area contributed by atoms with Gasteiger partial charge >= 0.3 is 0 Å². The second kappa shape index (κ2) is 12.1. The zero-order valence-electron chi connectivity index (χ0n) is 20.4. The number of nitrogens with one attached hydrogen (secondary N) is 1. The van der Waals surface area contributed by atoms with Crippen LogP contribution in [0.1, 0.15) is 35.9 Å². The van der Waals surface area contributed by atoms with Crippen LogP contribution in [0.25, 0.3) is 11.3 Å². The third-order valence-electron chi connectivity index (χ3n) is 6.17. The van der Waals surface area contributed by atoms with Crippen LogP contribution in [0.4, 0.5) is 5.69 Å². The van der Waals surface area contributed by atoms with Gasteiger partial charge in [0.05, 0.1) is 12.3 Å². The molecule has 0 aliphatic carbocycles. The molecule has 8 heteroatoms. The van der Waals surface area contributed by atoms with Crippen LogP contribution >= 0.6 is 11.6 Å². The number of carbonyl (C=O) groups excluding carboxylic acids is 1. The van der Waals surface area contributed by atoms with Crippen molar-refractivity contribution in [2.45, 2.75) is 26.7 Å². The average molecular weight is 497 g/mol. The van der Waals surface area contributed by atoms with Crippen LogP contribution < -0.4 is 15.0 Å². The van der Waals surface area contributed by atoms with E-state index in [-0.39, 0.29) is 5.91 Å². The number of aromatic nitrogens is 1. The van der Waals surface area contributed by atoms with Gasteiger partial charge in [-0.25, -0.2) is 0 Å². The number of hydrogen-bond acceptors (Lipinski definition) is 6. The molecule has 1 aromatic heterocycles. The summed E-state index contributed by atoms with van der Waals surface area (Å²) < 4.78 is 11.2. The normalized spacial score (nSPS) is 14.2. The fourth-order valence-electron chi connectivity index (χ4n) is 4.31. The Morgan fingerprint density at radius 1 is 1.14 bits per heavy atom. The van der Waals surface area contributed by atoms with Gasteiger partial charge in [0, 0.05) is 49.4 Å². The van der Waals surface area contributed by atoms with Crippen LogP contribution in [0.2, 0.25) is 5.02 Å². The van der Waals surface area contributed by atoms with Crippen molar-refractivity contribution < 1.29 is 14.1 Å². The van der Waals surface area contributed by atoms with E-state index in [0.29, 0.717) is 35.2 Å². The van der Waals surface area contributed by atoms with E-state index in [4.69, 9.17) is 20.9 Å². The van der Waals surface area contributed by atoms with Gasteiger partial charge in [0.2, 0.25) is 0 Å². The first-order valence-electron chi connectivity index (χ1n) is 12.3. The molecule has 2 aromatic carbocycles. The minimum Gasteiger partial charge on any atom is -0.491 e. The first-order valence-corrected chi connectivity index (χ1v) is 12.6. The Hall–Kier alpha value is -3.03. The molecule has 1 amide bonds. The highest BCUT2D eigenvalue weighted by molar-refractivity contribution is 6.30. The van der Waals surface area contributed by atoms with Crippen molar-refractivity contribution in [1.29, 1.82) is 0 Å². The molecule has 0 bridgehead atoms. The van der Waals surface area contributed by atoms with Gasteiger partial charge in [-0.2, -0.15) is 0 Å². The van der Waals surface area contributed by atoms with E-state index in [1.807, 2.05) is 42.5 Å². The van der Waals surface area contributed by atoms with Crippen molar-refractivity contribution in [1.82, 2.24) is 15.4 Å². The predicted molar refractivity (Wildman–Crippen MR) is 140 cm³/mol. The highest BCUT2D eigenvalue weighted by Crippen LogP contribution is 2.32. The van der Waals surface area contributed by atoms with Crippen molar-refractivity contribution in [2.75, 3.05) is 50.8 Å². The summed E-state index contributed by atoms with van der Waals surface area (Å²) in [6, 6.07) is 15.5. The lowest BCUT2D eigenvalue weighted by molar-refractivity contribution is 0.0950. The third-order valence-corrected chi connectivity index (χ3v) is 6.41. The smallest absolute Gasteiger partial charge is 0.257 e. The fraction of sp³-hybridized carbons (Fsp3) is 0.407. The lowest BCUT2D eigenvalue weighted by Crippen LogP contribution is -2.47. The summed E-state index contributed by atoms with van der Waals surface area (Å²) in [6.07, 6.45) is 1.84. The molecule has 7 nitrogen and oxygen atoms in total. The molecule has 1 fully saturated rings. The maximum absolute atomic E-state index is 12.8. The molecule has 186 valence electrons. The zero-order valence-corrected chi connectivity index (χ0v) is 21.2. The lowest BCUT2D eigenvalue weighted by atomic mass is 10.1. The van der Waals surface area contributed by atoms with Crippen molar-refractivity contribution in [3.05, 3.63) is 64.9 Å². The topological polar surface area (TPSA) is 70.8 Å². The summed E-state index contributed by atoms with van der Waals surface area (Å²) in [4.78, 5) is 17.6. The molecule has 1 N–H and O–H groups in total. The van der Waals surface area contributed by atoms with Gasteiger partial charge < -0.3 is 19.5 Å². The molecule has 0 saturated carbocycles. The highest BCUT2D eigenvalue weighted by atomic mass is 35.5. The number of ether oxygens (including phenoxy) is 1. The molecule has 0 radical (unpaired) electrons.